The molecule has 0 bridgehead atoms. The van der Waals surface area contributed by atoms with Gasteiger partial charge in [-0.25, -0.2) is 0 Å². The molecule has 7 nitrogen and oxygen atoms in total. The molecule has 146 valence electrons. The molecule has 0 fully saturated rings. The van der Waals surface area contributed by atoms with E-state index in [2.05, 4.69) is 30.0 Å². The molecular formula is C14H10F6N4O3. The normalized spacial score (nSPS) is 12.4. The topological polar surface area (TPSA) is 89.6 Å². The van der Waals surface area contributed by atoms with E-state index in [9.17, 15) is 31.1 Å². The molecule has 1 N–H and O–H groups in total. The van der Waals surface area contributed by atoms with Gasteiger partial charge in [0.2, 0.25) is 12.4 Å². The van der Waals surface area contributed by atoms with Crippen LogP contribution in [0.4, 0.5) is 26.3 Å². The number of nitrogens with zero attached hydrogens (tertiary/aromatic N) is 3. The summed E-state index contributed by atoms with van der Waals surface area (Å²) in [6.07, 6.45) is -8.35. The molecule has 0 aliphatic heterocycles. The maximum Gasteiger partial charge on any atom is 0.471 e. The molecule has 1 heterocycles. The lowest BCUT2D eigenvalue weighted by molar-refractivity contribution is -0.173. The average molecular weight is 396 g/mol. The van der Waals surface area contributed by atoms with Crippen LogP contribution in [-0.2, 0) is 11.0 Å². The maximum atomic E-state index is 12.4. The molecule has 13 heteroatoms. The number of hydrogen-bond acceptors (Lipinski definition) is 6. The summed E-state index contributed by atoms with van der Waals surface area (Å²) in [6, 6.07) is 5.21. The second kappa shape index (κ2) is 8.05. The molecule has 27 heavy (non-hydrogen) atoms. The molecule has 1 amide bonds. The molecule has 2 rings (SSSR count). The summed E-state index contributed by atoms with van der Waals surface area (Å²) in [5, 5.41) is 8.56. The number of oxime groups is 1. The fourth-order valence-electron chi connectivity index (χ4n) is 1.67. The fourth-order valence-corrected chi connectivity index (χ4v) is 1.67. The Labute approximate surface area is 147 Å². The smallest absolute Gasteiger partial charge is 0.386 e. The first kappa shape index (κ1) is 20.2. The minimum absolute atomic E-state index is 0.142. The van der Waals surface area contributed by atoms with Gasteiger partial charge in [0.1, 0.15) is 0 Å². The number of carbonyl (C=O) groups is 1. The molecule has 0 aliphatic rings. The monoisotopic (exact) mass is 396 g/mol. The first-order chi connectivity index (χ1) is 12.6. The van der Waals surface area contributed by atoms with Gasteiger partial charge in [-0.15, -0.1) is 0 Å². The molecule has 0 saturated heterocycles. The summed E-state index contributed by atoms with van der Waals surface area (Å²) in [5.41, 5.74) is 0.329. The average Bonchev–Trinajstić information content (AvgIpc) is 3.07. The number of amides is 1. The van der Waals surface area contributed by atoms with Crippen LogP contribution >= 0.6 is 0 Å². The van der Waals surface area contributed by atoms with Crippen molar-refractivity contribution in [3.63, 3.8) is 0 Å². The number of hydrogen-bond donors (Lipinski definition) is 1. The Morgan fingerprint density at radius 1 is 1.19 bits per heavy atom. The molecule has 0 unspecified atom stereocenters. The van der Waals surface area contributed by atoms with Crippen LogP contribution in [-0.4, -0.2) is 41.6 Å². The van der Waals surface area contributed by atoms with Crippen LogP contribution in [0, 0.1) is 0 Å². The molecule has 0 saturated carbocycles. The third-order valence-corrected chi connectivity index (χ3v) is 2.81. The molecule has 1 aromatic carbocycles. The number of rotatable bonds is 6. The van der Waals surface area contributed by atoms with E-state index in [0.29, 0.717) is 0 Å². The van der Waals surface area contributed by atoms with Crippen molar-refractivity contribution < 1.29 is 40.5 Å². The fraction of sp³-hybridized carbons (Fsp3) is 0.286. The van der Waals surface area contributed by atoms with E-state index >= 15 is 0 Å². The third-order valence-electron chi connectivity index (χ3n) is 2.81. The Balaban J connectivity index is 1.88. The third kappa shape index (κ3) is 6.27. The van der Waals surface area contributed by atoms with E-state index < -0.39 is 30.8 Å². The summed E-state index contributed by atoms with van der Waals surface area (Å²) < 4.78 is 76.7. The predicted octanol–water partition coefficient (Wildman–Crippen LogP) is 3.05. The highest BCUT2D eigenvalue weighted by Crippen LogP contribution is 2.29. The lowest BCUT2D eigenvalue weighted by Crippen LogP contribution is -2.25. The predicted molar refractivity (Wildman–Crippen MR) is 77.6 cm³/mol. The summed E-state index contributed by atoms with van der Waals surface area (Å²) >= 11 is 0. The lowest BCUT2D eigenvalue weighted by Gasteiger charge is -2.04. The van der Waals surface area contributed by atoms with Crippen molar-refractivity contribution in [2.45, 2.75) is 12.4 Å². The van der Waals surface area contributed by atoms with E-state index in [4.69, 9.17) is 0 Å². The van der Waals surface area contributed by atoms with E-state index in [1.54, 1.807) is 0 Å². The summed E-state index contributed by atoms with van der Waals surface area (Å²) in [4.78, 5) is 19.0. The van der Waals surface area contributed by atoms with Gasteiger partial charge in [0.25, 0.3) is 5.91 Å². The number of nitrogens with one attached hydrogen (secondary N) is 1. The number of aromatic nitrogens is 2. The van der Waals surface area contributed by atoms with Gasteiger partial charge in [0.15, 0.2) is 0 Å². The molecule has 0 atom stereocenters. The summed E-state index contributed by atoms with van der Waals surface area (Å²) in [5.74, 6) is -2.39. The van der Waals surface area contributed by atoms with Gasteiger partial charge in [-0.2, -0.15) is 31.3 Å². The van der Waals surface area contributed by atoms with Gasteiger partial charge in [0, 0.05) is 11.1 Å². The van der Waals surface area contributed by atoms with Crippen LogP contribution in [0.3, 0.4) is 0 Å². The van der Waals surface area contributed by atoms with Crippen LogP contribution in [0.25, 0.3) is 11.4 Å². The SMILES string of the molecule is O=C(NC/C=N/OCC(F)(F)F)c1ccc(-c2noc(C(F)(F)F)n2)cc1. The van der Waals surface area contributed by atoms with E-state index in [1.165, 1.54) is 24.3 Å². The zero-order valence-electron chi connectivity index (χ0n) is 13.1. The van der Waals surface area contributed by atoms with E-state index in [0.717, 1.165) is 6.21 Å². The number of carbonyl (C=O) groups excluding carboxylic acids is 1. The Kier molecular flexibility index (Phi) is 6.02. The summed E-state index contributed by atoms with van der Waals surface area (Å²) in [7, 11) is 0. The van der Waals surface area contributed by atoms with Gasteiger partial charge in [-0.3, -0.25) is 4.79 Å². The quantitative estimate of drug-likeness (QED) is 0.461. The highest BCUT2D eigenvalue weighted by molar-refractivity contribution is 5.95. The molecule has 1 aromatic heterocycles. The van der Waals surface area contributed by atoms with Crippen molar-refractivity contribution in [2.75, 3.05) is 13.2 Å². The zero-order valence-corrected chi connectivity index (χ0v) is 13.1. The first-order valence-corrected chi connectivity index (χ1v) is 7.06. The second-order valence-corrected chi connectivity index (χ2v) is 4.88. The first-order valence-electron chi connectivity index (χ1n) is 7.06. The highest BCUT2D eigenvalue weighted by Gasteiger charge is 2.38. The number of benzene rings is 1. The number of alkyl halides is 6. The van der Waals surface area contributed by atoms with E-state index in [1.807, 2.05) is 0 Å². The van der Waals surface area contributed by atoms with Gasteiger partial charge in [0.05, 0.1) is 12.8 Å². The second-order valence-electron chi connectivity index (χ2n) is 4.88. The van der Waals surface area contributed by atoms with Gasteiger partial charge in [-0.1, -0.05) is 22.4 Å². The number of halogens is 6. The Bertz CT molecular complexity index is 798. The minimum Gasteiger partial charge on any atom is -0.386 e. The largest absolute Gasteiger partial charge is 0.471 e. The Morgan fingerprint density at radius 2 is 1.85 bits per heavy atom. The van der Waals surface area contributed by atoms with Crippen molar-refractivity contribution in [1.82, 2.24) is 15.5 Å². The lowest BCUT2D eigenvalue weighted by atomic mass is 10.1. The van der Waals surface area contributed by atoms with Crippen LogP contribution < -0.4 is 5.32 Å². The van der Waals surface area contributed by atoms with Gasteiger partial charge < -0.3 is 14.7 Å². The zero-order chi connectivity index (χ0) is 20.1. The van der Waals surface area contributed by atoms with Crippen molar-refractivity contribution in [3.8, 4) is 11.4 Å². The molecule has 2 aromatic rings. The molecule has 0 spiro atoms. The van der Waals surface area contributed by atoms with Crippen LogP contribution in [0.15, 0.2) is 33.9 Å². The van der Waals surface area contributed by atoms with Crippen LogP contribution in [0.5, 0.6) is 0 Å². The molecule has 0 radical (unpaired) electrons. The van der Waals surface area contributed by atoms with Crippen molar-refractivity contribution in [1.29, 1.82) is 0 Å². The molecule has 0 aliphatic carbocycles. The van der Waals surface area contributed by atoms with E-state index in [-0.39, 0.29) is 23.5 Å². The van der Waals surface area contributed by atoms with Gasteiger partial charge >= 0.3 is 18.2 Å². The highest BCUT2D eigenvalue weighted by atomic mass is 19.4. The van der Waals surface area contributed by atoms with Crippen molar-refractivity contribution in [3.05, 3.63) is 35.7 Å². The Morgan fingerprint density at radius 3 is 2.41 bits per heavy atom. The summed E-state index contributed by atoms with van der Waals surface area (Å²) in [6.45, 7) is -1.75. The van der Waals surface area contributed by atoms with Crippen molar-refractivity contribution >= 4 is 12.1 Å². The van der Waals surface area contributed by atoms with Crippen LogP contribution in [0.1, 0.15) is 16.2 Å². The standard InChI is InChI=1S/C14H10F6N4O3/c15-13(16,17)7-26-22-6-5-21-11(25)9-3-1-8(2-4-9)10-23-12(27-24-10)14(18,19)20/h1-4,6H,5,7H2,(H,21,25)/b22-6+. The maximum absolute atomic E-state index is 12.4. The minimum atomic E-state index is -4.77. The van der Waals surface area contributed by atoms with Crippen LogP contribution in [0.2, 0.25) is 0 Å². The Hall–Kier alpha value is -3.12. The molecular weight excluding hydrogens is 386 g/mol. The van der Waals surface area contributed by atoms with Gasteiger partial charge in [-0.05, 0) is 12.1 Å². The van der Waals surface area contributed by atoms with Crippen molar-refractivity contribution in [2.24, 2.45) is 5.16 Å².